The molecule has 3 heterocycles. The highest BCUT2D eigenvalue weighted by Gasteiger charge is 2.32. The minimum Gasteiger partial charge on any atom is -0.493 e. The molecule has 0 fully saturated rings. The number of methoxy groups -OCH3 is 2. The summed E-state index contributed by atoms with van der Waals surface area (Å²) in [7, 11) is 3.24. The van der Waals surface area contributed by atoms with Crippen molar-refractivity contribution in [2.45, 2.75) is 12.5 Å². The average Bonchev–Trinajstić information content (AvgIpc) is 3.63. The number of ether oxygens (including phenoxy) is 2. The number of hydrazone groups is 1. The molecule has 2 aromatic carbocycles. The first-order valence-electron chi connectivity index (χ1n) is 10.4. The maximum atomic E-state index is 11.0. The number of non-ortho nitro benzene ring substituents is 1. The van der Waals surface area contributed by atoms with Gasteiger partial charge in [0.25, 0.3) is 5.69 Å². The topological polar surface area (TPSA) is 90.1 Å². The number of thiazole rings is 1. The van der Waals surface area contributed by atoms with E-state index < -0.39 is 4.92 Å². The van der Waals surface area contributed by atoms with Crippen molar-refractivity contribution in [1.82, 2.24) is 4.98 Å². The van der Waals surface area contributed by atoms with Crippen LogP contribution < -0.4 is 14.5 Å². The molecule has 5 rings (SSSR count). The van der Waals surface area contributed by atoms with Crippen molar-refractivity contribution in [3.05, 3.63) is 85.9 Å². The lowest BCUT2D eigenvalue weighted by Gasteiger charge is -2.22. The fourth-order valence-corrected chi connectivity index (χ4v) is 5.41. The number of thiophene rings is 1. The van der Waals surface area contributed by atoms with Crippen LogP contribution in [0.3, 0.4) is 0 Å². The zero-order valence-corrected chi connectivity index (χ0v) is 20.0. The zero-order valence-electron chi connectivity index (χ0n) is 18.4. The third-order valence-electron chi connectivity index (χ3n) is 5.57. The van der Waals surface area contributed by atoms with E-state index in [9.17, 15) is 10.1 Å². The van der Waals surface area contributed by atoms with Crippen LogP contribution >= 0.6 is 22.7 Å². The van der Waals surface area contributed by atoms with Crippen LogP contribution in [0.25, 0.3) is 11.3 Å². The van der Waals surface area contributed by atoms with Gasteiger partial charge in [0.15, 0.2) is 11.5 Å². The Hall–Kier alpha value is -3.76. The number of anilines is 1. The highest BCUT2D eigenvalue weighted by atomic mass is 32.1. The first kappa shape index (κ1) is 22.1. The normalized spacial score (nSPS) is 15.3. The summed E-state index contributed by atoms with van der Waals surface area (Å²) in [4.78, 5) is 16.5. The number of aromatic nitrogens is 1. The van der Waals surface area contributed by atoms with Gasteiger partial charge in [0.1, 0.15) is 0 Å². The molecule has 10 heteroatoms. The van der Waals surface area contributed by atoms with Gasteiger partial charge in [0.05, 0.1) is 41.5 Å². The molecule has 172 valence electrons. The first-order valence-corrected chi connectivity index (χ1v) is 12.2. The average molecular weight is 493 g/mol. The highest BCUT2D eigenvalue weighted by molar-refractivity contribution is 7.14. The van der Waals surface area contributed by atoms with Gasteiger partial charge >= 0.3 is 0 Å². The number of nitrogens with zero attached hydrogens (tertiary/aromatic N) is 4. The van der Waals surface area contributed by atoms with Gasteiger partial charge in [-0.25, -0.2) is 9.99 Å². The van der Waals surface area contributed by atoms with Crippen LogP contribution in [0, 0.1) is 10.1 Å². The van der Waals surface area contributed by atoms with Crippen molar-refractivity contribution < 1.29 is 14.4 Å². The van der Waals surface area contributed by atoms with Crippen LogP contribution in [0.4, 0.5) is 10.8 Å². The Labute approximate surface area is 203 Å². The summed E-state index contributed by atoms with van der Waals surface area (Å²) in [5.74, 6) is 1.33. The largest absolute Gasteiger partial charge is 0.493 e. The number of nitro benzene ring substituents is 1. The molecule has 0 amide bonds. The Bertz CT molecular complexity index is 1350. The van der Waals surface area contributed by atoms with E-state index in [-0.39, 0.29) is 11.7 Å². The molecule has 34 heavy (non-hydrogen) atoms. The van der Waals surface area contributed by atoms with Crippen LogP contribution in [0.5, 0.6) is 11.5 Å². The highest BCUT2D eigenvalue weighted by Crippen LogP contribution is 2.42. The Morgan fingerprint density at radius 3 is 2.53 bits per heavy atom. The molecule has 0 radical (unpaired) electrons. The molecule has 8 nitrogen and oxygen atoms in total. The summed E-state index contributed by atoms with van der Waals surface area (Å²) in [5.41, 5.74) is 3.66. The molecule has 0 aliphatic carbocycles. The van der Waals surface area contributed by atoms with E-state index in [4.69, 9.17) is 19.6 Å². The summed E-state index contributed by atoms with van der Waals surface area (Å²) >= 11 is 3.15. The Morgan fingerprint density at radius 2 is 1.85 bits per heavy atom. The molecule has 0 unspecified atom stereocenters. The molecule has 4 aromatic rings. The van der Waals surface area contributed by atoms with Gasteiger partial charge in [0.2, 0.25) is 5.13 Å². The molecule has 0 N–H and O–H groups in total. The van der Waals surface area contributed by atoms with Crippen molar-refractivity contribution >= 4 is 39.2 Å². The molecule has 0 spiro atoms. The van der Waals surface area contributed by atoms with E-state index in [0.717, 1.165) is 39.0 Å². The van der Waals surface area contributed by atoms with Gasteiger partial charge in [-0.05, 0) is 41.3 Å². The number of benzene rings is 2. The Balaban J connectivity index is 1.51. The lowest BCUT2D eigenvalue weighted by atomic mass is 10.0. The Morgan fingerprint density at radius 1 is 1.06 bits per heavy atom. The lowest BCUT2D eigenvalue weighted by Crippen LogP contribution is -2.18. The number of nitro groups is 1. The monoisotopic (exact) mass is 492 g/mol. The first-order chi connectivity index (χ1) is 16.6. The predicted molar refractivity (Wildman–Crippen MR) is 134 cm³/mol. The molecule has 1 aliphatic rings. The van der Waals surface area contributed by atoms with Gasteiger partial charge in [-0.1, -0.05) is 12.1 Å². The van der Waals surface area contributed by atoms with Gasteiger partial charge in [0, 0.05) is 29.5 Å². The lowest BCUT2D eigenvalue weighted by molar-refractivity contribution is -0.384. The van der Waals surface area contributed by atoms with Gasteiger partial charge in [-0.2, -0.15) is 5.10 Å². The fourth-order valence-electron chi connectivity index (χ4n) is 3.85. The molecule has 2 aromatic heterocycles. The third-order valence-corrected chi connectivity index (χ3v) is 7.32. The van der Waals surface area contributed by atoms with E-state index >= 15 is 0 Å². The molecule has 1 atom stereocenters. The van der Waals surface area contributed by atoms with Crippen molar-refractivity contribution in [2.75, 3.05) is 19.2 Å². The van der Waals surface area contributed by atoms with Crippen molar-refractivity contribution in [3.63, 3.8) is 0 Å². The number of rotatable bonds is 7. The third kappa shape index (κ3) is 4.13. The van der Waals surface area contributed by atoms with E-state index in [1.54, 1.807) is 37.7 Å². The SMILES string of the molecule is COc1ccc([C@@H]2CC(c3cccs3)=NN2c2nc(-c3ccc([N+](=O)[O-])cc3)cs2)cc1OC. The molecule has 1 aliphatic heterocycles. The van der Waals surface area contributed by atoms with Crippen molar-refractivity contribution in [1.29, 1.82) is 0 Å². The smallest absolute Gasteiger partial charge is 0.269 e. The summed E-state index contributed by atoms with van der Waals surface area (Å²) in [6.45, 7) is 0. The van der Waals surface area contributed by atoms with Crippen LogP contribution in [0.15, 0.2) is 70.5 Å². The van der Waals surface area contributed by atoms with Gasteiger partial charge in [-0.3, -0.25) is 10.1 Å². The van der Waals surface area contributed by atoms with E-state index in [2.05, 4.69) is 6.07 Å². The maximum Gasteiger partial charge on any atom is 0.269 e. The van der Waals surface area contributed by atoms with E-state index in [1.165, 1.54) is 23.5 Å². The quantitative estimate of drug-likeness (QED) is 0.227. The van der Waals surface area contributed by atoms with Gasteiger partial charge in [-0.15, -0.1) is 22.7 Å². The van der Waals surface area contributed by atoms with Gasteiger partial charge < -0.3 is 9.47 Å². The summed E-state index contributed by atoms with van der Waals surface area (Å²) in [5, 5.41) is 22.6. The van der Waals surface area contributed by atoms with E-state index in [0.29, 0.717) is 11.5 Å². The molecule has 0 saturated heterocycles. The number of hydrogen-bond donors (Lipinski definition) is 0. The predicted octanol–water partition coefficient (Wildman–Crippen LogP) is 6.15. The molecule has 0 bridgehead atoms. The Kier molecular flexibility index (Phi) is 5.99. The fraction of sp³-hybridized carbons (Fsp3) is 0.167. The van der Waals surface area contributed by atoms with Crippen LogP contribution in [0.2, 0.25) is 0 Å². The summed E-state index contributed by atoms with van der Waals surface area (Å²) in [6.07, 6.45) is 0.725. The second-order valence-electron chi connectivity index (χ2n) is 7.52. The standard InChI is InChI=1S/C24H20N4O4S2/c1-31-21-10-7-16(12-22(21)32-2)20-13-18(23-4-3-11-33-23)26-27(20)24-25-19(14-34-24)15-5-8-17(9-6-15)28(29)30/h3-12,14,20H,13H2,1-2H3/t20-/m0/s1. The van der Waals surface area contributed by atoms with Crippen molar-refractivity contribution in [3.8, 4) is 22.8 Å². The van der Waals surface area contributed by atoms with Crippen LogP contribution in [-0.2, 0) is 0 Å². The number of hydrogen-bond acceptors (Lipinski definition) is 9. The van der Waals surface area contributed by atoms with Crippen molar-refractivity contribution in [2.24, 2.45) is 5.10 Å². The summed E-state index contributed by atoms with van der Waals surface area (Å²) < 4.78 is 10.9. The minimum atomic E-state index is -0.408. The second kappa shape index (κ2) is 9.24. The van der Waals surface area contributed by atoms with E-state index in [1.807, 2.05) is 40.0 Å². The maximum absolute atomic E-state index is 11.0. The molecule has 0 saturated carbocycles. The van der Waals surface area contributed by atoms with Crippen LogP contribution in [0.1, 0.15) is 22.9 Å². The second-order valence-corrected chi connectivity index (χ2v) is 9.31. The summed E-state index contributed by atoms with van der Waals surface area (Å²) in [6, 6.07) is 16.3. The zero-order chi connectivity index (χ0) is 23.7. The minimum absolute atomic E-state index is 0.0532. The van der Waals surface area contributed by atoms with Crippen LogP contribution in [-0.4, -0.2) is 29.8 Å². The molecular formula is C24H20N4O4S2. The molecular weight excluding hydrogens is 472 g/mol.